The van der Waals surface area contributed by atoms with E-state index in [0.717, 1.165) is 6.42 Å². The van der Waals surface area contributed by atoms with Gasteiger partial charge in [-0.15, -0.1) is 0 Å². The molecule has 0 aromatic heterocycles. The lowest BCUT2D eigenvalue weighted by Gasteiger charge is -2.16. The van der Waals surface area contributed by atoms with Gasteiger partial charge in [0.1, 0.15) is 0 Å². The van der Waals surface area contributed by atoms with Crippen LogP contribution in [-0.2, 0) is 0 Å². The van der Waals surface area contributed by atoms with Gasteiger partial charge in [-0.2, -0.15) is 0 Å². The van der Waals surface area contributed by atoms with E-state index in [1.165, 1.54) is 34.8 Å². The van der Waals surface area contributed by atoms with Gasteiger partial charge < -0.3 is 5.32 Å². The maximum Gasteiger partial charge on any atom is 0.0380 e. The van der Waals surface area contributed by atoms with Crippen LogP contribution >= 0.6 is 11.8 Å². The first-order valence-electron chi connectivity index (χ1n) is 6.48. The van der Waals surface area contributed by atoms with Gasteiger partial charge in [-0.3, -0.25) is 0 Å². The molecule has 1 saturated heterocycles. The highest BCUT2D eigenvalue weighted by molar-refractivity contribution is 8.03. The van der Waals surface area contributed by atoms with E-state index in [9.17, 15) is 0 Å². The maximum atomic E-state index is 3.59. The lowest BCUT2D eigenvalue weighted by atomic mass is 10.2. The van der Waals surface area contributed by atoms with E-state index in [2.05, 4.69) is 49.5 Å². The van der Waals surface area contributed by atoms with Crippen LogP contribution in [-0.4, -0.2) is 12.6 Å². The number of thioether (sulfide) groups is 1. The fraction of sp³-hybridized carbons (Fsp3) is 0.467. The van der Waals surface area contributed by atoms with E-state index in [4.69, 9.17) is 0 Å². The third-order valence-electron chi connectivity index (χ3n) is 3.13. The molecule has 0 saturated carbocycles. The zero-order chi connectivity index (χ0) is 12.1. The fourth-order valence-electron chi connectivity index (χ4n) is 2.18. The van der Waals surface area contributed by atoms with E-state index in [-0.39, 0.29) is 0 Å². The second-order valence-electron chi connectivity index (χ2n) is 4.53. The van der Waals surface area contributed by atoms with Gasteiger partial charge in [-0.05, 0) is 44.4 Å². The summed E-state index contributed by atoms with van der Waals surface area (Å²) >= 11 is 1.94. The first-order chi connectivity index (χ1) is 8.31. The van der Waals surface area contributed by atoms with Gasteiger partial charge in [-0.25, -0.2) is 0 Å². The molecule has 92 valence electrons. The first kappa shape index (κ1) is 12.7. The van der Waals surface area contributed by atoms with Crippen molar-refractivity contribution in [2.24, 2.45) is 0 Å². The number of aryl methyl sites for hydroxylation is 1. The van der Waals surface area contributed by atoms with Gasteiger partial charge >= 0.3 is 0 Å². The zero-order valence-corrected chi connectivity index (χ0v) is 11.5. The summed E-state index contributed by atoms with van der Waals surface area (Å²) in [5.41, 5.74) is 1.37. The molecule has 1 nitrogen and oxygen atoms in total. The van der Waals surface area contributed by atoms with Gasteiger partial charge in [0.2, 0.25) is 0 Å². The Bertz CT molecular complexity index is 392. The van der Waals surface area contributed by atoms with Crippen molar-refractivity contribution in [3.05, 3.63) is 40.8 Å². The molecule has 1 aliphatic rings. The maximum absolute atomic E-state index is 3.59. The van der Waals surface area contributed by atoms with E-state index in [1.807, 2.05) is 11.8 Å². The van der Waals surface area contributed by atoms with Crippen molar-refractivity contribution in [1.29, 1.82) is 0 Å². The molecule has 2 rings (SSSR count). The lowest BCUT2D eigenvalue weighted by molar-refractivity contribution is 0.715. The zero-order valence-electron chi connectivity index (χ0n) is 10.7. The Morgan fingerprint density at radius 3 is 2.94 bits per heavy atom. The molecule has 0 radical (unpaired) electrons. The highest BCUT2D eigenvalue weighted by Gasteiger charge is 2.19. The lowest BCUT2D eigenvalue weighted by Crippen LogP contribution is -2.22. The number of hydrogen-bond acceptors (Lipinski definition) is 2. The quantitative estimate of drug-likeness (QED) is 0.803. The van der Waals surface area contributed by atoms with Crippen LogP contribution in [0.2, 0.25) is 0 Å². The Kier molecular flexibility index (Phi) is 4.69. The highest BCUT2D eigenvalue weighted by atomic mass is 32.2. The number of hydrogen-bond donors (Lipinski definition) is 1. The molecule has 2 heteroatoms. The van der Waals surface area contributed by atoms with Crippen molar-refractivity contribution in [3.8, 4) is 0 Å². The fourth-order valence-corrected chi connectivity index (χ4v) is 3.40. The molecule has 1 aromatic carbocycles. The smallest absolute Gasteiger partial charge is 0.0380 e. The Labute approximate surface area is 109 Å². The molecule has 1 atom stereocenters. The van der Waals surface area contributed by atoms with Crippen LogP contribution in [0.25, 0.3) is 0 Å². The van der Waals surface area contributed by atoms with Gasteiger partial charge in [0.05, 0.1) is 0 Å². The third kappa shape index (κ3) is 3.36. The van der Waals surface area contributed by atoms with Crippen molar-refractivity contribution in [3.63, 3.8) is 0 Å². The standard InChI is InChI=1S/C15H21NS/c1-3-7-15(13-9-6-11-16-13)17-14-10-5-4-8-12(14)2/h4-5,7-8,10,13,16H,3,6,9,11H2,1-2H3/b15-7+. The Hall–Kier alpha value is -0.730. The molecular weight excluding hydrogens is 226 g/mol. The number of rotatable bonds is 4. The summed E-state index contributed by atoms with van der Waals surface area (Å²) in [5, 5.41) is 3.59. The highest BCUT2D eigenvalue weighted by Crippen LogP contribution is 2.33. The van der Waals surface area contributed by atoms with Gasteiger partial charge in [0, 0.05) is 15.8 Å². The summed E-state index contributed by atoms with van der Waals surface area (Å²) in [5.74, 6) is 0. The van der Waals surface area contributed by atoms with E-state index in [0.29, 0.717) is 6.04 Å². The van der Waals surface area contributed by atoms with E-state index < -0.39 is 0 Å². The summed E-state index contributed by atoms with van der Waals surface area (Å²) in [6.45, 7) is 5.57. The molecule has 1 fully saturated rings. The minimum Gasteiger partial charge on any atom is -0.309 e. The molecule has 0 spiro atoms. The van der Waals surface area contributed by atoms with Crippen LogP contribution in [0.3, 0.4) is 0 Å². The van der Waals surface area contributed by atoms with Crippen molar-refractivity contribution in [2.75, 3.05) is 6.54 Å². The van der Waals surface area contributed by atoms with Crippen molar-refractivity contribution in [2.45, 2.75) is 44.0 Å². The molecular formula is C15H21NS. The number of allylic oxidation sites excluding steroid dienone is 1. The third-order valence-corrected chi connectivity index (χ3v) is 4.50. The van der Waals surface area contributed by atoms with Gasteiger partial charge in [0.15, 0.2) is 0 Å². The van der Waals surface area contributed by atoms with Crippen molar-refractivity contribution >= 4 is 11.8 Å². The average molecular weight is 247 g/mol. The van der Waals surface area contributed by atoms with Crippen LogP contribution in [0.1, 0.15) is 31.7 Å². The Morgan fingerprint density at radius 2 is 2.29 bits per heavy atom. The van der Waals surface area contributed by atoms with Crippen LogP contribution in [0.15, 0.2) is 40.1 Å². The average Bonchev–Trinajstić information content (AvgIpc) is 2.85. The SMILES string of the molecule is CC/C=C(/Sc1ccccc1C)C1CCCN1. The number of benzene rings is 1. The Balaban J connectivity index is 2.13. The van der Waals surface area contributed by atoms with E-state index >= 15 is 0 Å². The summed E-state index contributed by atoms with van der Waals surface area (Å²) < 4.78 is 0. The molecule has 1 aliphatic heterocycles. The van der Waals surface area contributed by atoms with Crippen LogP contribution < -0.4 is 5.32 Å². The summed E-state index contributed by atoms with van der Waals surface area (Å²) in [6.07, 6.45) is 6.08. The molecule has 1 N–H and O–H groups in total. The summed E-state index contributed by atoms with van der Waals surface area (Å²) in [6, 6.07) is 9.23. The molecule has 0 bridgehead atoms. The van der Waals surface area contributed by atoms with Crippen LogP contribution in [0.4, 0.5) is 0 Å². The summed E-state index contributed by atoms with van der Waals surface area (Å²) in [7, 11) is 0. The molecule has 0 aliphatic carbocycles. The predicted octanol–water partition coefficient (Wildman–Crippen LogP) is 4.13. The van der Waals surface area contributed by atoms with Crippen molar-refractivity contribution < 1.29 is 0 Å². The second-order valence-corrected chi connectivity index (χ2v) is 5.65. The minimum absolute atomic E-state index is 0.583. The summed E-state index contributed by atoms with van der Waals surface area (Å²) in [4.78, 5) is 2.89. The predicted molar refractivity (Wildman–Crippen MR) is 76.4 cm³/mol. The van der Waals surface area contributed by atoms with Crippen LogP contribution in [0, 0.1) is 6.92 Å². The second kappa shape index (κ2) is 6.27. The molecule has 1 unspecified atom stereocenters. The van der Waals surface area contributed by atoms with E-state index in [1.54, 1.807) is 0 Å². The van der Waals surface area contributed by atoms with Crippen molar-refractivity contribution in [1.82, 2.24) is 5.32 Å². The molecule has 17 heavy (non-hydrogen) atoms. The molecule has 1 heterocycles. The first-order valence-corrected chi connectivity index (χ1v) is 7.30. The normalized spacial score (nSPS) is 20.8. The van der Waals surface area contributed by atoms with Gasteiger partial charge in [0.25, 0.3) is 0 Å². The largest absolute Gasteiger partial charge is 0.309 e. The van der Waals surface area contributed by atoms with Gasteiger partial charge in [-0.1, -0.05) is 43.0 Å². The monoisotopic (exact) mass is 247 g/mol. The Morgan fingerprint density at radius 1 is 1.47 bits per heavy atom. The van der Waals surface area contributed by atoms with Crippen LogP contribution in [0.5, 0.6) is 0 Å². The molecule has 0 amide bonds. The topological polar surface area (TPSA) is 12.0 Å². The minimum atomic E-state index is 0.583. The molecule has 1 aromatic rings. The number of nitrogens with one attached hydrogen (secondary N) is 1.